The van der Waals surface area contributed by atoms with Gasteiger partial charge in [-0.3, -0.25) is 9.69 Å². The third-order valence-electron chi connectivity index (χ3n) is 6.39. The summed E-state index contributed by atoms with van der Waals surface area (Å²) in [6.07, 6.45) is 0. The molecule has 0 radical (unpaired) electrons. The first-order chi connectivity index (χ1) is 13.5. The SMILES string of the molecule is CN1CC(N2CC3[C@@H](C2)[C@@H]3C(=O)Nc2nc(-c3ccc(F)cc3)ccc2N)C1. The lowest BCUT2D eigenvalue weighted by atomic mass is 10.1. The molecule has 1 aromatic heterocycles. The van der Waals surface area contributed by atoms with E-state index in [4.69, 9.17) is 5.73 Å². The highest BCUT2D eigenvalue weighted by Gasteiger charge is 2.60. The molecule has 1 saturated carbocycles. The molecule has 3 aliphatic rings. The molecule has 3 fully saturated rings. The molecule has 3 N–H and O–H groups in total. The van der Waals surface area contributed by atoms with Crippen LogP contribution in [0.5, 0.6) is 0 Å². The summed E-state index contributed by atoms with van der Waals surface area (Å²) in [5, 5.41) is 2.93. The zero-order valence-corrected chi connectivity index (χ0v) is 15.8. The number of pyridine rings is 1. The zero-order valence-electron chi connectivity index (χ0n) is 15.8. The zero-order chi connectivity index (χ0) is 19.4. The molecule has 146 valence electrons. The number of nitrogen functional groups attached to an aromatic ring is 1. The maximum absolute atomic E-state index is 13.1. The van der Waals surface area contributed by atoms with Crippen molar-refractivity contribution in [1.29, 1.82) is 0 Å². The highest BCUT2D eigenvalue weighted by Crippen LogP contribution is 2.53. The van der Waals surface area contributed by atoms with Crippen molar-refractivity contribution in [2.24, 2.45) is 17.8 Å². The molecular weight excluding hydrogens is 357 g/mol. The van der Waals surface area contributed by atoms with E-state index < -0.39 is 0 Å². The fraction of sp³-hybridized carbons (Fsp3) is 0.429. The van der Waals surface area contributed by atoms with Crippen molar-refractivity contribution in [3.05, 3.63) is 42.2 Å². The minimum absolute atomic E-state index is 0.0100. The molecule has 2 saturated heterocycles. The average Bonchev–Trinajstić information content (AvgIpc) is 3.16. The Morgan fingerprint density at radius 3 is 2.43 bits per heavy atom. The van der Waals surface area contributed by atoms with Crippen LogP contribution < -0.4 is 11.1 Å². The van der Waals surface area contributed by atoms with E-state index >= 15 is 0 Å². The topological polar surface area (TPSA) is 74.5 Å². The van der Waals surface area contributed by atoms with Gasteiger partial charge in [-0.1, -0.05) is 0 Å². The highest BCUT2D eigenvalue weighted by molar-refractivity contribution is 5.96. The van der Waals surface area contributed by atoms with E-state index in [9.17, 15) is 9.18 Å². The lowest BCUT2D eigenvalue weighted by Gasteiger charge is -2.42. The van der Waals surface area contributed by atoms with Crippen molar-refractivity contribution in [3.8, 4) is 11.3 Å². The number of carbonyl (C=O) groups excluding carboxylic acids is 1. The number of likely N-dealkylation sites (N-methyl/N-ethyl adjacent to an activating group) is 1. The monoisotopic (exact) mass is 381 g/mol. The molecule has 1 aliphatic carbocycles. The summed E-state index contributed by atoms with van der Waals surface area (Å²) in [5.74, 6) is 1.06. The molecule has 1 unspecified atom stereocenters. The smallest absolute Gasteiger partial charge is 0.229 e. The second kappa shape index (κ2) is 6.53. The number of aromatic nitrogens is 1. The van der Waals surface area contributed by atoms with Gasteiger partial charge < -0.3 is 16.0 Å². The van der Waals surface area contributed by atoms with Gasteiger partial charge in [0.05, 0.1) is 11.4 Å². The lowest BCUT2D eigenvalue weighted by Crippen LogP contribution is -2.57. The number of halogens is 1. The molecule has 5 rings (SSSR count). The van der Waals surface area contributed by atoms with Crippen LogP contribution in [0.4, 0.5) is 15.9 Å². The Hall–Kier alpha value is -2.51. The molecule has 0 spiro atoms. The molecule has 6 nitrogen and oxygen atoms in total. The highest BCUT2D eigenvalue weighted by atomic mass is 19.1. The summed E-state index contributed by atoms with van der Waals surface area (Å²) in [6, 6.07) is 10.3. The van der Waals surface area contributed by atoms with Gasteiger partial charge >= 0.3 is 0 Å². The van der Waals surface area contributed by atoms with E-state index in [1.54, 1.807) is 24.3 Å². The molecule has 3 atom stereocenters. The maximum Gasteiger partial charge on any atom is 0.229 e. The molecule has 28 heavy (non-hydrogen) atoms. The normalized spacial score (nSPS) is 27.3. The Bertz CT molecular complexity index is 900. The van der Waals surface area contributed by atoms with Crippen LogP contribution in [-0.2, 0) is 4.79 Å². The van der Waals surface area contributed by atoms with Gasteiger partial charge in [0.15, 0.2) is 5.82 Å². The third-order valence-corrected chi connectivity index (χ3v) is 6.39. The van der Waals surface area contributed by atoms with E-state index in [-0.39, 0.29) is 17.6 Å². The molecule has 0 bridgehead atoms. The van der Waals surface area contributed by atoms with Gasteiger partial charge in [0, 0.05) is 43.7 Å². The Morgan fingerprint density at radius 1 is 1.11 bits per heavy atom. The Balaban J connectivity index is 1.24. The Kier molecular flexibility index (Phi) is 4.10. The van der Waals surface area contributed by atoms with Gasteiger partial charge in [0.2, 0.25) is 5.91 Å². The summed E-state index contributed by atoms with van der Waals surface area (Å²) in [7, 11) is 2.14. The van der Waals surface area contributed by atoms with E-state index in [2.05, 4.69) is 27.1 Å². The number of likely N-dealkylation sites (tertiary alicyclic amines) is 2. The Morgan fingerprint density at radius 2 is 1.79 bits per heavy atom. The second-order valence-electron chi connectivity index (χ2n) is 8.31. The van der Waals surface area contributed by atoms with Gasteiger partial charge in [-0.2, -0.15) is 0 Å². The summed E-state index contributed by atoms with van der Waals surface area (Å²) >= 11 is 0. The summed E-state index contributed by atoms with van der Waals surface area (Å²) in [5.41, 5.74) is 7.89. The third kappa shape index (κ3) is 3.04. The van der Waals surface area contributed by atoms with Crippen molar-refractivity contribution in [2.75, 3.05) is 44.3 Å². The van der Waals surface area contributed by atoms with Crippen LogP contribution in [0.2, 0.25) is 0 Å². The fourth-order valence-corrected chi connectivity index (χ4v) is 4.69. The minimum atomic E-state index is -0.296. The first kappa shape index (κ1) is 17.6. The van der Waals surface area contributed by atoms with Crippen LogP contribution in [-0.4, -0.2) is 60.0 Å². The molecule has 2 aliphatic heterocycles. The van der Waals surface area contributed by atoms with Crippen LogP contribution in [0.3, 0.4) is 0 Å². The fourth-order valence-electron chi connectivity index (χ4n) is 4.69. The summed E-state index contributed by atoms with van der Waals surface area (Å²) in [4.78, 5) is 22.1. The molecule has 1 amide bonds. The standard InChI is InChI=1S/C21H24FN5O/c1-26-8-14(9-26)27-10-15-16(11-27)19(15)21(28)25-20-17(23)6-7-18(24-20)12-2-4-13(22)5-3-12/h2-7,14-16,19H,8-11,23H2,1H3,(H,24,25,28)/t15-,16?,19+/m1/s1. The number of amides is 1. The number of piperidine rings is 1. The van der Waals surface area contributed by atoms with Crippen LogP contribution in [0.1, 0.15) is 0 Å². The number of hydrogen-bond acceptors (Lipinski definition) is 5. The number of benzene rings is 1. The predicted molar refractivity (Wildman–Crippen MR) is 106 cm³/mol. The number of rotatable bonds is 4. The number of fused-ring (bicyclic) bond motifs is 1. The molecule has 2 aromatic rings. The van der Waals surface area contributed by atoms with Crippen molar-refractivity contribution in [1.82, 2.24) is 14.8 Å². The van der Waals surface area contributed by atoms with Crippen molar-refractivity contribution >= 4 is 17.4 Å². The summed E-state index contributed by atoms with van der Waals surface area (Å²) < 4.78 is 13.1. The van der Waals surface area contributed by atoms with Gasteiger partial charge in [-0.05, 0) is 55.3 Å². The number of nitrogens with two attached hydrogens (primary N) is 1. The van der Waals surface area contributed by atoms with Gasteiger partial charge in [-0.25, -0.2) is 9.37 Å². The number of hydrogen-bond donors (Lipinski definition) is 2. The Labute approximate surface area is 163 Å². The molecule has 1 aromatic carbocycles. The van der Waals surface area contributed by atoms with Crippen LogP contribution in [0.25, 0.3) is 11.3 Å². The number of anilines is 2. The maximum atomic E-state index is 13.1. The predicted octanol–water partition coefficient (Wildman–Crippen LogP) is 1.90. The van der Waals surface area contributed by atoms with E-state index in [1.165, 1.54) is 12.1 Å². The van der Waals surface area contributed by atoms with E-state index in [1.807, 2.05) is 0 Å². The number of nitrogens with one attached hydrogen (secondary N) is 1. The van der Waals surface area contributed by atoms with Gasteiger partial charge in [-0.15, -0.1) is 0 Å². The van der Waals surface area contributed by atoms with Crippen molar-refractivity contribution in [3.63, 3.8) is 0 Å². The van der Waals surface area contributed by atoms with Crippen molar-refractivity contribution < 1.29 is 9.18 Å². The van der Waals surface area contributed by atoms with Crippen LogP contribution in [0.15, 0.2) is 36.4 Å². The van der Waals surface area contributed by atoms with Gasteiger partial charge in [0.25, 0.3) is 0 Å². The molecular formula is C21H24FN5O. The first-order valence-electron chi connectivity index (χ1n) is 9.75. The lowest BCUT2D eigenvalue weighted by molar-refractivity contribution is -0.118. The van der Waals surface area contributed by atoms with Crippen LogP contribution in [0, 0.1) is 23.6 Å². The van der Waals surface area contributed by atoms with Crippen molar-refractivity contribution in [2.45, 2.75) is 6.04 Å². The van der Waals surface area contributed by atoms with Crippen LogP contribution >= 0.6 is 0 Å². The number of carbonyl (C=O) groups is 1. The minimum Gasteiger partial charge on any atom is -0.396 e. The average molecular weight is 381 g/mol. The van der Waals surface area contributed by atoms with E-state index in [0.717, 1.165) is 31.7 Å². The largest absolute Gasteiger partial charge is 0.396 e. The van der Waals surface area contributed by atoms with E-state index in [0.29, 0.717) is 35.1 Å². The van der Waals surface area contributed by atoms with Gasteiger partial charge in [0.1, 0.15) is 5.82 Å². The quantitative estimate of drug-likeness (QED) is 0.846. The second-order valence-corrected chi connectivity index (χ2v) is 8.31. The number of nitrogens with zero attached hydrogens (tertiary/aromatic N) is 3. The molecule has 7 heteroatoms. The molecule has 3 heterocycles. The summed E-state index contributed by atoms with van der Waals surface area (Å²) in [6.45, 7) is 4.29. The first-order valence-corrected chi connectivity index (χ1v) is 9.75.